The summed E-state index contributed by atoms with van der Waals surface area (Å²) in [7, 11) is 0. The molecule has 4 nitrogen and oxygen atoms in total. The Morgan fingerprint density at radius 1 is 1.33 bits per heavy atom. The Hall–Kier alpha value is -1.16. The minimum atomic E-state index is 0.360. The molecule has 0 atom stereocenters. The van der Waals surface area contributed by atoms with E-state index in [1.54, 1.807) is 0 Å². The molecule has 2 rings (SSSR count). The van der Waals surface area contributed by atoms with Crippen LogP contribution in [0.1, 0.15) is 1.37 Å². The second-order valence-corrected chi connectivity index (χ2v) is 2.72. The predicted octanol–water partition coefficient (Wildman–Crippen LogP) is -0.114. The molecule has 1 N–H and O–H groups in total. The average Bonchev–Trinajstić information content (AvgIpc) is 2.20. The predicted molar refractivity (Wildman–Crippen MR) is 47.1 cm³/mol. The lowest BCUT2D eigenvalue weighted by atomic mass is 10.4. The molecule has 1 aliphatic rings. The summed E-state index contributed by atoms with van der Waals surface area (Å²) in [6.07, 6.45) is 3.06. The van der Waals surface area contributed by atoms with Gasteiger partial charge in [0.1, 0.15) is 0 Å². The maximum Gasteiger partial charge on any atom is 0.225 e. The van der Waals surface area contributed by atoms with Crippen molar-refractivity contribution in [2.24, 2.45) is 0 Å². The fourth-order valence-corrected chi connectivity index (χ4v) is 1.28. The molecule has 0 saturated carbocycles. The molecule has 64 valence electrons. The summed E-state index contributed by atoms with van der Waals surface area (Å²) in [6, 6.07) is 0.360. The van der Waals surface area contributed by atoms with Gasteiger partial charge in [0.05, 0.1) is 1.37 Å². The molecule has 4 heteroatoms. The molecule has 0 radical (unpaired) electrons. The maximum atomic E-state index is 7.25. The Labute approximate surface area is 73.0 Å². The zero-order valence-corrected chi connectivity index (χ0v) is 6.82. The van der Waals surface area contributed by atoms with Gasteiger partial charge in [-0.1, -0.05) is 0 Å². The van der Waals surface area contributed by atoms with Crippen molar-refractivity contribution in [3.8, 4) is 0 Å². The van der Waals surface area contributed by atoms with E-state index in [0.717, 1.165) is 32.1 Å². The van der Waals surface area contributed by atoms with Crippen LogP contribution in [-0.2, 0) is 0 Å². The van der Waals surface area contributed by atoms with Gasteiger partial charge in [-0.15, -0.1) is 0 Å². The number of anilines is 1. The van der Waals surface area contributed by atoms with Crippen LogP contribution in [0.5, 0.6) is 0 Å². The highest BCUT2D eigenvalue weighted by Gasteiger charge is 2.11. The molecule has 1 aromatic rings. The van der Waals surface area contributed by atoms with Gasteiger partial charge in [-0.25, -0.2) is 9.97 Å². The van der Waals surface area contributed by atoms with Crippen molar-refractivity contribution in [2.75, 3.05) is 31.1 Å². The van der Waals surface area contributed by atoms with E-state index in [1.807, 2.05) is 0 Å². The van der Waals surface area contributed by atoms with Crippen LogP contribution >= 0.6 is 0 Å². The van der Waals surface area contributed by atoms with Crippen LogP contribution in [0.15, 0.2) is 18.4 Å². The normalized spacial score (nSPS) is 19.0. The zero-order chi connectivity index (χ0) is 9.10. The number of hydrogen-bond donors (Lipinski definition) is 1. The third-order valence-electron chi connectivity index (χ3n) is 1.91. The van der Waals surface area contributed by atoms with E-state index in [1.165, 1.54) is 12.4 Å². The Bertz CT molecular complexity index is 268. The number of hydrogen-bond acceptors (Lipinski definition) is 4. The van der Waals surface area contributed by atoms with Crippen LogP contribution < -0.4 is 10.2 Å². The third kappa shape index (κ3) is 1.53. The van der Waals surface area contributed by atoms with Crippen LogP contribution in [0.4, 0.5) is 5.95 Å². The zero-order valence-electron chi connectivity index (χ0n) is 7.82. The van der Waals surface area contributed by atoms with Gasteiger partial charge in [0, 0.05) is 38.6 Å². The highest BCUT2D eigenvalue weighted by molar-refractivity contribution is 5.28. The Balaban J connectivity index is 2.10. The van der Waals surface area contributed by atoms with Crippen LogP contribution in [0, 0.1) is 0 Å². The van der Waals surface area contributed by atoms with E-state index in [4.69, 9.17) is 1.37 Å². The standard InChI is InChI=1S/C8H12N4/c1-2-10-8(11-3-1)12-6-4-9-5-7-12/h1-3,9H,4-7H2/i1D. The van der Waals surface area contributed by atoms with Crippen molar-refractivity contribution in [3.05, 3.63) is 18.4 Å². The number of rotatable bonds is 1. The first kappa shape index (κ1) is 6.37. The smallest absolute Gasteiger partial charge is 0.225 e. The summed E-state index contributed by atoms with van der Waals surface area (Å²) in [5.74, 6) is 0.734. The molecule has 1 aromatic heterocycles. The average molecular weight is 165 g/mol. The number of aromatic nitrogens is 2. The topological polar surface area (TPSA) is 41.1 Å². The Morgan fingerprint density at radius 3 is 2.67 bits per heavy atom. The van der Waals surface area contributed by atoms with Gasteiger partial charge in [0.2, 0.25) is 5.95 Å². The monoisotopic (exact) mass is 165 g/mol. The summed E-state index contributed by atoms with van der Waals surface area (Å²) in [5.41, 5.74) is 0. The second kappa shape index (κ2) is 3.49. The Morgan fingerprint density at radius 2 is 2.00 bits per heavy atom. The van der Waals surface area contributed by atoms with Gasteiger partial charge in [-0.3, -0.25) is 0 Å². The quantitative estimate of drug-likeness (QED) is 0.630. The lowest BCUT2D eigenvalue weighted by molar-refractivity contribution is 0.580. The van der Waals surface area contributed by atoms with Crippen molar-refractivity contribution in [1.82, 2.24) is 15.3 Å². The summed E-state index contributed by atoms with van der Waals surface area (Å²) in [5, 5.41) is 3.26. The highest BCUT2D eigenvalue weighted by atomic mass is 15.3. The van der Waals surface area contributed by atoms with Crippen LogP contribution in [-0.4, -0.2) is 36.1 Å². The van der Waals surface area contributed by atoms with Gasteiger partial charge >= 0.3 is 0 Å². The highest BCUT2D eigenvalue weighted by Crippen LogP contribution is 2.04. The van der Waals surface area contributed by atoms with Crippen molar-refractivity contribution in [3.63, 3.8) is 0 Å². The van der Waals surface area contributed by atoms with Gasteiger partial charge in [-0.2, -0.15) is 0 Å². The van der Waals surface area contributed by atoms with E-state index >= 15 is 0 Å². The molecule has 1 saturated heterocycles. The summed E-state index contributed by atoms with van der Waals surface area (Å²) in [6.45, 7) is 3.84. The molecular formula is C8H12N4. The van der Waals surface area contributed by atoms with Gasteiger partial charge < -0.3 is 10.2 Å². The molecule has 0 spiro atoms. The molecule has 0 bridgehead atoms. The van der Waals surface area contributed by atoms with Crippen LogP contribution in [0.2, 0.25) is 0 Å². The number of nitrogens with one attached hydrogen (secondary N) is 1. The van der Waals surface area contributed by atoms with E-state index in [9.17, 15) is 0 Å². The summed E-state index contributed by atoms with van der Waals surface area (Å²) >= 11 is 0. The molecule has 2 heterocycles. The van der Waals surface area contributed by atoms with E-state index < -0.39 is 0 Å². The third-order valence-corrected chi connectivity index (χ3v) is 1.91. The lowest BCUT2D eigenvalue weighted by Gasteiger charge is -2.26. The Kier molecular flexibility index (Phi) is 1.85. The second-order valence-electron chi connectivity index (χ2n) is 2.72. The van der Waals surface area contributed by atoms with Crippen molar-refractivity contribution in [1.29, 1.82) is 0 Å². The molecule has 0 amide bonds. The minimum absolute atomic E-state index is 0.360. The van der Waals surface area contributed by atoms with Gasteiger partial charge in [0.15, 0.2) is 0 Å². The first-order valence-corrected chi connectivity index (χ1v) is 4.10. The van der Waals surface area contributed by atoms with E-state index in [0.29, 0.717) is 6.04 Å². The molecule has 0 aliphatic carbocycles. The van der Waals surface area contributed by atoms with Crippen LogP contribution in [0.3, 0.4) is 0 Å². The SMILES string of the molecule is [2H]c1cnc(N2CCNCC2)nc1. The molecule has 1 aliphatic heterocycles. The van der Waals surface area contributed by atoms with Gasteiger partial charge in [-0.05, 0) is 6.04 Å². The summed E-state index contributed by atoms with van der Waals surface area (Å²) in [4.78, 5) is 10.3. The molecule has 0 unspecified atom stereocenters. The number of piperazine rings is 1. The van der Waals surface area contributed by atoms with Crippen molar-refractivity contribution in [2.45, 2.75) is 0 Å². The minimum Gasteiger partial charge on any atom is -0.338 e. The lowest BCUT2D eigenvalue weighted by Crippen LogP contribution is -2.44. The summed E-state index contributed by atoms with van der Waals surface area (Å²) < 4.78 is 7.25. The first-order chi connectivity index (χ1) is 6.36. The fraction of sp³-hybridized carbons (Fsp3) is 0.500. The van der Waals surface area contributed by atoms with Crippen molar-refractivity contribution >= 4 is 5.95 Å². The largest absolute Gasteiger partial charge is 0.338 e. The number of nitrogens with zero attached hydrogens (tertiary/aromatic N) is 3. The van der Waals surface area contributed by atoms with E-state index in [-0.39, 0.29) is 0 Å². The van der Waals surface area contributed by atoms with Crippen molar-refractivity contribution < 1.29 is 1.37 Å². The van der Waals surface area contributed by atoms with Gasteiger partial charge in [0.25, 0.3) is 0 Å². The molecular weight excluding hydrogens is 152 g/mol. The first-order valence-electron chi connectivity index (χ1n) is 4.60. The molecule has 1 fully saturated rings. The molecule has 12 heavy (non-hydrogen) atoms. The fourth-order valence-electron chi connectivity index (χ4n) is 1.28. The van der Waals surface area contributed by atoms with E-state index in [2.05, 4.69) is 20.2 Å². The molecule has 0 aromatic carbocycles. The maximum absolute atomic E-state index is 7.25. The van der Waals surface area contributed by atoms with Crippen LogP contribution in [0.25, 0.3) is 0 Å².